The molecule has 30 heavy (non-hydrogen) atoms. The quantitative estimate of drug-likeness (QED) is 0.712. The highest BCUT2D eigenvalue weighted by molar-refractivity contribution is 6.21. The van der Waals surface area contributed by atoms with Crippen LogP contribution in [0, 0.1) is 6.92 Å². The van der Waals surface area contributed by atoms with Gasteiger partial charge >= 0.3 is 0 Å². The van der Waals surface area contributed by atoms with E-state index in [0.717, 1.165) is 17.0 Å². The van der Waals surface area contributed by atoms with Crippen LogP contribution in [-0.4, -0.2) is 67.4 Å². The molecule has 2 aromatic carbocycles. The van der Waals surface area contributed by atoms with E-state index < -0.39 is 0 Å². The maximum Gasteiger partial charge on any atom is 0.261 e. The van der Waals surface area contributed by atoms with Crippen LogP contribution in [-0.2, 0) is 4.79 Å². The molecule has 7 nitrogen and oxygen atoms in total. The zero-order chi connectivity index (χ0) is 21.3. The van der Waals surface area contributed by atoms with E-state index in [2.05, 4.69) is 4.90 Å². The summed E-state index contributed by atoms with van der Waals surface area (Å²) in [5, 5.41) is 0. The number of para-hydroxylation sites is 2. The Labute approximate surface area is 175 Å². The smallest absolute Gasteiger partial charge is 0.261 e. The molecule has 0 radical (unpaired) electrons. The van der Waals surface area contributed by atoms with Crippen molar-refractivity contribution in [2.24, 2.45) is 0 Å². The number of rotatable bonds is 5. The Morgan fingerprint density at radius 1 is 0.967 bits per heavy atom. The number of piperazine rings is 1. The van der Waals surface area contributed by atoms with Gasteiger partial charge in [0.15, 0.2) is 0 Å². The summed E-state index contributed by atoms with van der Waals surface area (Å²) in [6.45, 7) is 4.60. The summed E-state index contributed by atoms with van der Waals surface area (Å²) in [7, 11) is 1.65. The number of carbonyl (C=O) groups is 3. The monoisotopic (exact) mass is 407 g/mol. The van der Waals surface area contributed by atoms with Crippen LogP contribution >= 0.6 is 0 Å². The van der Waals surface area contributed by atoms with Gasteiger partial charge in [-0.3, -0.25) is 19.3 Å². The number of amides is 3. The third kappa shape index (κ3) is 3.63. The van der Waals surface area contributed by atoms with E-state index in [1.54, 1.807) is 24.1 Å². The van der Waals surface area contributed by atoms with Crippen molar-refractivity contribution in [3.05, 3.63) is 59.2 Å². The number of methoxy groups -OCH3 is 1. The maximum absolute atomic E-state index is 12.7. The molecular weight excluding hydrogens is 382 g/mol. The lowest BCUT2D eigenvalue weighted by Gasteiger charge is -2.36. The maximum atomic E-state index is 12.7. The molecular formula is C23H25N3O4. The number of carbonyl (C=O) groups excluding carboxylic acids is 3. The van der Waals surface area contributed by atoms with Crippen LogP contribution in [0.4, 0.5) is 5.69 Å². The number of anilines is 1. The van der Waals surface area contributed by atoms with Crippen LogP contribution in [0.2, 0.25) is 0 Å². The van der Waals surface area contributed by atoms with Crippen LogP contribution in [0.15, 0.2) is 42.5 Å². The third-order valence-electron chi connectivity index (χ3n) is 5.73. The average molecular weight is 407 g/mol. The van der Waals surface area contributed by atoms with E-state index in [0.29, 0.717) is 37.3 Å². The molecule has 3 amide bonds. The van der Waals surface area contributed by atoms with Crippen LogP contribution in [0.5, 0.6) is 5.75 Å². The van der Waals surface area contributed by atoms with Crippen molar-refractivity contribution in [1.82, 2.24) is 9.80 Å². The summed E-state index contributed by atoms with van der Waals surface area (Å²) in [5.41, 5.74) is 2.80. The van der Waals surface area contributed by atoms with Gasteiger partial charge in [0.05, 0.1) is 23.9 Å². The van der Waals surface area contributed by atoms with E-state index >= 15 is 0 Å². The number of aryl methyl sites for hydroxylation is 1. The minimum Gasteiger partial charge on any atom is -0.495 e. The number of nitrogens with zero attached hydrogens (tertiary/aromatic N) is 3. The fourth-order valence-electron chi connectivity index (χ4n) is 4.06. The second-order valence-electron chi connectivity index (χ2n) is 7.60. The molecule has 0 N–H and O–H groups in total. The second-order valence-corrected chi connectivity index (χ2v) is 7.60. The Morgan fingerprint density at radius 2 is 1.67 bits per heavy atom. The normalized spacial score (nSPS) is 16.1. The number of benzene rings is 2. The minimum atomic E-state index is -0.316. The predicted octanol–water partition coefficient (Wildman–Crippen LogP) is 2.34. The van der Waals surface area contributed by atoms with Crippen molar-refractivity contribution >= 4 is 23.4 Å². The van der Waals surface area contributed by atoms with Crippen molar-refractivity contribution in [2.75, 3.05) is 44.7 Å². The summed E-state index contributed by atoms with van der Waals surface area (Å²) in [6, 6.07) is 13.1. The zero-order valence-corrected chi connectivity index (χ0v) is 17.3. The second kappa shape index (κ2) is 8.18. The summed E-state index contributed by atoms with van der Waals surface area (Å²) < 4.78 is 5.43. The highest BCUT2D eigenvalue weighted by Gasteiger charge is 2.35. The molecule has 0 atom stereocenters. The lowest BCUT2D eigenvalue weighted by molar-refractivity contribution is -0.131. The summed E-state index contributed by atoms with van der Waals surface area (Å²) in [5.74, 6) is 0.150. The molecule has 2 heterocycles. The van der Waals surface area contributed by atoms with E-state index in [4.69, 9.17) is 4.74 Å². The molecule has 0 bridgehead atoms. The third-order valence-corrected chi connectivity index (χ3v) is 5.73. The van der Waals surface area contributed by atoms with Crippen LogP contribution < -0.4 is 9.64 Å². The SMILES string of the molecule is COc1ccccc1N1CCN(C(=O)CCN2C(=O)c3ccc(C)cc3C2=O)CC1. The van der Waals surface area contributed by atoms with Crippen molar-refractivity contribution in [3.63, 3.8) is 0 Å². The Kier molecular flexibility index (Phi) is 5.44. The first-order valence-electron chi connectivity index (χ1n) is 10.1. The van der Waals surface area contributed by atoms with Gasteiger partial charge in [-0.25, -0.2) is 0 Å². The molecule has 2 aliphatic rings. The molecule has 0 unspecified atom stereocenters. The van der Waals surface area contributed by atoms with E-state index in [9.17, 15) is 14.4 Å². The molecule has 1 fully saturated rings. The van der Waals surface area contributed by atoms with Crippen molar-refractivity contribution in [1.29, 1.82) is 0 Å². The minimum absolute atomic E-state index is 0.0394. The Hall–Kier alpha value is -3.35. The lowest BCUT2D eigenvalue weighted by Crippen LogP contribution is -2.49. The molecule has 7 heteroatoms. The largest absolute Gasteiger partial charge is 0.495 e. The standard InChI is InChI=1S/C23H25N3O4/c1-16-7-8-17-18(15-16)23(29)26(22(17)28)10-9-21(27)25-13-11-24(12-14-25)19-5-3-4-6-20(19)30-2/h3-8,15H,9-14H2,1-2H3. The van der Waals surface area contributed by atoms with Gasteiger partial charge in [0, 0.05) is 39.1 Å². The fourth-order valence-corrected chi connectivity index (χ4v) is 4.06. The molecule has 0 saturated carbocycles. The highest BCUT2D eigenvalue weighted by Crippen LogP contribution is 2.28. The van der Waals surface area contributed by atoms with Gasteiger partial charge in [-0.15, -0.1) is 0 Å². The van der Waals surface area contributed by atoms with Crippen LogP contribution in [0.25, 0.3) is 0 Å². The van der Waals surface area contributed by atoms with Gasteiger partial charge in [0.2, 0.25) is 5.91 Å². The molecule has 2 aromatic rings. The number of imide groups is 1. The molecule has 4 rings (SSSR count). The topological polar surface area (TPSA) is 70.2 Å². The Morgan fingerprint density at radius 3 is 2.40 bits per heavy atom. The molecule has 2 aliphatic heterocycles. The lowest BCUT2D eigenvalue weighted by atomic mass is 10.1. The Balaban J connectivity index is 1.33. The van der Waals surface area contributed by atoms with E-state index in [1.165, 1.54) is 4.90 Å². The molecule has 0 aliphatic carbocycles. The summed E-state index contributed by atoms with van der Waals surface area (Å²) in [6.07, 6.45) is 0.138. The van der Waals surface area contributed by atoms with Crippen LogP contribution in [0.3, 0.4) is 0 Å². The Bertz CT molecular complexity index is 996. The average Bonchev–Trinajstić information content (AvgIpc) is 3.01. The molecule has 0 aromatic heterocycles. The first-order valence-corrected chi connectivity index (χ1v) is 10.1. The predicted molar refractivity (Wildman–Crippen MR) is 113 cm³/mol. The highest BCUT2D eigenvalue weighted by atomic mass is 16.5. The van der Waals surface area contributed by atoms with E-state index in [1.807, 2.05) is 37.3 Å². The van der Waals surface area contributed by atoms with Gasteiger partial charge in [-0.05, 0) is 31.2 Å². The van der Waals surface area contributed by atoms with E-state index in [-0.39, 0.29) is 30.7 Å². The van der Waals surface area contributed by atoms with Gasteiger partial charge < -0.3 is 14.5 Å². The van der Waals surface area contributed by atoms with Crippen molar-refractivity contribution in [2.45, 2.75) is 13.3 Å². The van der Waals surface area contributed by atoms with Crippen LogP contribution in [0.1, 0.15) is 32.7 Å². The fraction of sp³-hybridized carbons (Fsp3) is 0.348. The van der Waals surface area contributed by atoms with Gasteiger partial charge in [-0.1, -0.05) is 23.8 Å². The summed E-state index contributed by atoms with van der Waals surface area (Å²) >= 11 is 0. The first-order chi connectivity index (χ1) is 14.5. The number of hydrogen-bond acceptors (Lipinski definition) is 5. The number of ether oxygens (including phenoxy) is 1. The van der Waals surface area contributed by atoms with Crippen molar-refractivity contribution in [3.8, 4) is 5.75 Å². The molecule has 156 valence electrons. The van der Waals surface area contributed by atoms with Gasteiger partial charge in [-0.2, -0.15) is 0 Å². The number of hydrogen-bond donors (Lipinski definition) is 0. The number of fused-ring (bicyclic) bond motifs is 1. The molecule has 0 spiro atoms. The van der Waals surface area contributed by atoms with Crippen molar-refractivity contribution < 1.29 is 19.1 Å². The molecule has 1 saturated heterocycles. The van der Waals surface area contributed by atoms with Gasteiger partial charge in [0.25, 0.3) is 11.8 Å². The summed E-state index contributed by atoms with van der Waals surface area (Å²) in [4.78, 5) is 43.0. The zero-order valence-electron chi connectivity index (χ0n) is 17.3. The first kappa shape index (κ1) is 19.9. The van der Waals surface area contributed by atoms with Gasteiger partial charge in [0.1, 0.15) is 5.75 Å².